The maximum absolute atomic E-state index is 12.6. The molecule has 7 heteroatoms. The summed E-state index contributed by atoms with van der Waals surface area (Å²) in [4.78, 5) is 31.3. The first-order valence-corrected chi connectivity index (χ1v) is 8.16. The van der Waals surface area contributed by atoms with Crippen LogP contribution in [0.1, 0.15) is 40.6 Å². The summed E-state index contributed by atoms with van der Waals surface area (Å²) in [7, 11) is 1.54. The lowest BCUT2D eigenvalue weighted by molar-refractivity contribution is 0.0234. The van der Waals surface area contributed by atoms with E-state index in [-0.39, 0.29) is 35.1 Å². The number of carbonyl (C=O) groups is 1. The molecule has 0 aromatic carbocycles. The fourth-order valence-electron chi connectivity index (χ4n) is 3.10. The molecule has 0 saturated heterocycles. The van der Waals surface area contributed by atoms with Gasteiger partial charge in [-0.1, -0.05) is 6.07 Å². The molecule has 1 aliphatic carbocycles. The summed E-state index contributed by atoms with van der Waals surface area (Å²) in [5, 5.41) is 12.6. The van der Waals surface area contributed by atoms with E-state index in [2.05, 4.69) is 15.3 Å². The van der Waals surface area contributed by atoms with E-state index in [1.165, 1.54) is 19.2 Å². The van der Waals surface area contributed by atoms with Crippen LogP contribution in [0.25, 0.3) is 0 Å². The highest BCUT2D eigenvalue weighted by atomic mass is 16.5. The van der Waals surface area contributed by atoms with Crippen molar-refractivity contribution in [2.24, 2.45) is 5.92 Å². The van der Waals surface area contributed by atoms with Crippen LogP contribution in [-0.4, -0.2) is 34.2 Å². The fraction of sp³-hybridized carbons (Fsp3) is 0.389. The van der Waals surface area contributed by atoms with Gasteiger partial charge in [-0.05, 0) is 31.2 Å². The highest BCUT2D eigenvalue weighted by molar-refractivity contribution is 5.92. The molecule has 0 spiro atoms. The molecule has 0 aliphatic heterocycles. The van der Waals surface area contributed by atoms with Gasteiger partial charge in [0.2, 0.25) is 5.88 Å². The van der Waals surface area contributed by atoms with E-state index in [9.17, 15) is 14.7 Å². The van der Waals surface area contributed by atoms with Gasteiger partial charge in [-0.3, -0.25) is 9.59 Å². The van der Waals surface area contributed by atoms with E-state index in [1.807, 2.05) is 6.07 Å². The second-order valence-corrected chi connectivity index (χ2v) is 6.38. The number of hydrogen-bond acceptors (Lipinski definition) is 5. The van der Waals surface area contributed by atoms with Crippen molar-refractivity contribution in [2.75, 3.05) is 7.11 Å². The third-order valence-electron chi connectivity index (χ3n) is 4.46. The molecule has 0 unspecified atom stereocenters. The highest BCUT2D eigenvalue weighted by Crippen LogP contribution is 2.38. The van der Waals surface area contributed by atoms with Crippen LogP contribution in [-0.2, 0) is 0 Å². The first-order valence-electron chi connectivity index (χ1n) is 8.16. The van der Waals surface area contributed by atoms with Crippen molar-refractivity contribution in [3.05, 3.63) is 57.6 Å². The first kappa shape index (κ1) is 17.2. The monoisotopic (exact) mass is 343 g/mol. The van der Waals surface area contributed by atoms with Crippen molar-refractivity contribution in [3.63, 3.8) is 0 Å². The minimum atomic E-state index is -0.358. The Kier molecular flexibility index (Phi) is 4.85. The highest BCUT2D eigenvalue weighted by Gasteiger charge is 2.36. The molecule has 3 N–H and O–H groups in total. The summed E-state index contributed by atoms with van der Waals surface area (Å²) in [6, 6.07) is 6.00. The van der Waals surface area contributed by atoms with Gasteiger partial charge in [-0.2, -0.15) is 0 Å². The molecule has 132 valence electrons. The Bertz CT molecular complexity index is 810. The minimum Gasteiger partial charge on any atom is -0.481 e. The van der Waals surface area contributed by atoms with Gasteiger partial charge in [0.1, 0.15) is 5.69 Å². The molecule has 2 aromatic rings. The van der Waals surface area contributed by atoms with E-state index >= 15 is 0 Å². The number of methoxy groups -OCH3 is 1. The molecule has 1 saturated carbocycles. The summed E-state index contributed by atoms with van der Waals surface area (Å²) in [5.41, 5.74) is 1.46. The molecule has 2 heterocycles. The second-order valence-electron chi connectivity index (χ2n) is 6.38. The van der Waals surface area contributed by atoms with Crippen LogP contribution in [0, 0.1) is 12.8 Å². The molecule has 0 radical (unpaired) electrons. The van der Waals surface area contributed by atoms with Crippen LogP contribution >= 0.6 is 0 Å². The normalized spacial score (nSPS) is 20.4. The zero-order valence-corrected chi connectivity index (χ0v) is 14.2. The van der Waals surface area contributed by atoms with Crippen LogP contribution in [0.2, 0.25) is 0 Å². The van der Waals surface area contributed by atoms with Gasteiger partial charge in [0.15, 0.2) is 5.43 Å². The summed E-state index contributed by atoms with van der Waals surface area (Å²) in [5.74, 6) is 0.249. The molecule has 0 bridgehead atoms. The number of carbonyl (C=O) groups excluding carboxylic acids is 1. The molecule has 7 nitrogen and oxygen atoms in total. The van der Waals surface area contributed by atoms with Crippen LogP contribution < -0.4 is 15.5 Å². The number of nitrogens with zero attached hydrogens (tertiary/aromatic N) is 1. The number of amides is 1. The Balaban J connectivity index is 1.84. The van der Waals surface area contributed by atoms with Crippen LogP contribution in [0.5, 0.6) is 5.88 Å². The Labute approximate surface area is 145 Å². The number of rotatable bonds is 5. The molecular weight excluding hydrogens is 322 g/mol. The second kappa shape index (κ2) is 7.06. The summed E-state index contributed by atoms with van der Waals surface area (Å²) < 4.78 is 5.07. The van der Waals surface area contributed by atoms with Crippen LogP contribution in [0.4, 0.5) is 0 Å². The van der Waals surface area contributed by atoms with E-state index in [4.69, 9.17) is 4.74 Å². The number of aliphatic hydroxyl groups is 1. The maximum Gasteiger partial charge on any atom is 0.268 e. The summed E-state index contributed by atoms with van der Waals surface area (Å²) in [6.07, 6.45) is 2.55. The van der Waals surface area contributed by atoms with Crippen molar-refractivity contribution in [3.8, 4) is 5.88 Å². The van der Waals surface area contributed by atoms with Crippen molar-refractivity contribution >= 4 is 5.91 Å². The molecular formula is C18H21N3O4. The zero-order chi connectivity index (χ0) is 18.0. The molecule has 1 amide bonds. The van der Waals surface area contributed by atoms with Gasteiger partial charge in [-0.15, -0.1) is 0 Å². The van der Waals surface area contributed by atoms with Gasteiger partial charge in [0.25, 0.3) is 5.91 Å². The van der Waals surface area contributed by atoms with E-state index < -0.39 is 0 Å². The third-order valence-corrected chi connectivity index (χ3v) is 4.46. The van der Waals surface area contributed by atoms with Gasteiger partial charge < -0.3 is 20.1 Å². The Hall–Kier alpha value is -2.67. The lowest BCUT2D eigenvalue weighted by atomic mass is 9.75. The van der Waals surface area contributed by atoms with Crippen molar-refractivity contribution in [1.29, 1.82) is 0 Å². The number of nitrogens with one attached hydrogen (secondary N) is 2. The van der Waals surface area contributed by atoms with Crippen molar-refractivity contribution in [2.45, 2.75) is 31.9 Å². The lowest BCUT2D eigenvalue weighted by Crippen LogP contribution is -2.41. The number of hydrogen-bond donors (Lipinski definition) is 3. The van der Waals surface area contributed by atoms with Gasteiger partial charge in [0, 0.05) is 30.1 Å². The van der Waals surface area contributed by atoms with Crippen LogP contribution in [0.3, 0.4) is 0 Å². The standard InChI is InChI=1S/C18H21N3O4/c1-10-5-13(22)8-15(20-10)18(24)21-17(12-6-14(23)7-12)11-3-4-16(25-2)19-9-11/h3-5,8-9,12,14,17,23H,6-7H2,1-2H3,(H,20,22)(H,21,24)/t12?,14?,17-/m0/s1. The number of aliphatic hydroxyl groups excluding tert-OH is 1. The Morgan fingerprint density at radius 3 is 2.72 bits per heavy atom. The van der Waals surface area contributed by atoms with Gasteiger partial charge >= 0.3 is 0 Å². The maximum atomic E-state index is 12.6. The van der Waals surface area contributed by atoms with Gasteiger partial charge in [0.05, 0.1) is 19.3 Å². The number of pyridine rings is 2. The SMILES string of the molecule is COc1ccc([C@H](NC(=O)c2cc(=O)cc(C)[nH]2)C2CC(O)C2)cn1. The quantitative estimate of drug-likeness (QED) is 0.760. The molecule has 25 heavy (non-hydrogen) atoms. The predicted octanol–water partition coefficient (Wildman–Crippen LogP) is 1.33. The molecule has 3 rings (SSSR count). The lowest BCUT2D eigenvalue weighted by Gasteiger charge is -2.38. The van der Waals surface area contributed by atoms with Crippen LogP contribution in [0.15, 0.2) is 35.3 Å². The average molecular weight is 343 g/mol. The predicted molar refractivity (Wildman–Crippen MR) is 91.5 cm³/mol. The first-order chi connectivity index (χ1) is 12.0. The summed E-state index contributed by atoms with van der Waals surface area (Å²) in [6.45, 7) is 1.73. The molecule has 2 aromatic heterocycles. The number of aromatic amines is 1. The summed E-state index contributed by atoms with van der Waals surface area (Å²) >= 11 is 0. The average Bonchev–Trinajstić information content (AvgIpc) is 2.56. The minimum absolute atomic E-state index is 0.116. The van der Waals surface area contributed by atoms with E-state index in [1.54, 1.807) is 19.2 Å². The van der Waals surface area contributed by atoms with E-state index in [0.29, 0.717) is 24.4 Å². The topological polar surface area (TPSA) is 104 Å². The zero-order valence-electron chi connectivity index (χ0n) is 14.2. The third kappa shape index (κ3) is 3.88. The smallest absolute Gasteiger partial charge is 0.268 e. The van der Waals surface area contributed by atoms with Crippen molar-refractivity contribution in [1.82, 2.24) is 15.3 Å². The number of ether oxygens (including phenoxy) is 1. The number of H-pyrrole nitrogens is 1. The number of aryl methyl sites for hydroxylation is 1. The Morgan fingerprint density at radius 2 is 2.16 bits per heavy atom. The fourth-order valence-corrected chi connectivity index (χ4v) is 3.10. The molecule has 1 fully saturated rings. The van der Waals surface area contributed by atoms with Crippen molar-refractivity contribution < 1.29 is 14.6 Å². The van der Waals surface area contributed by atoms with E-state index in [0.717, 1.165) is 5.56 Å². The molecule has 1 atom stereocenters. The molecule has 1 aliphatic rings. The Morgan fingerprint density at radius 1 is 1.40 bits per heavy atom. The van der Waals surface area contributed by atoms with Gasteiger partial charge in [-0.25, -0.2) is 4.98 Å². The largest absolute Gasteiger partial charge is 0.481 e. The number of aromatic nitrogens is 2.